The normalized spacial score (nSPS) is 16.1. The molecule has 1 N–H and O–H groups in total. The minimum Gasteiger partial charge on any atom is -0.488 e. The fourth-order valence-corrected chi connectivity index (χ4v) is 2.79. The molecule has 0 spiro atoms. The molecule has 1 saturated heterocycles. The molecule has 7 heteroatoms. The Labute approximate surface area is 153 Å². The van der Waals surface area contributed by atoms with Crippen LogP contribution in [-0.4, -0.2) is 35.0 Å². The molecule has 1 aliphatic rings. The fraction of sp³-hybridized carbons (Fsp3) is 0.118. The zero-order chi connectivity index (χ0) is 17.7. The standard InChI is InChI=1S/C17H15BrN2O3S/c1-3-7-20-16(22)12(15(21)19-17(20)24)9-11-5-6-14(13(18)10-11)23-8-4-2/h3-6,9-10H,1-2,7-8H2,(H,19,21,24)/b12-9+. The summed E-state index contributed by atoms with van der Waals surface area (Å²) in [6.45, 7) is 7.79. The number of amides is 2. The molecule has 2 amide bonds. The number of carbonyl (C=O) groups excluding carboxylic acids is 2. The monoisotopic (exact) mass is 406 g/mol. The third-order valence-electron chi connectivity index (χ3n) is 3.12. The van der Waals surface area contributed by atoms with E-state index in [9.17, 15) is 9.59 Å². The zero-order valence-corrected chi connectivity index (χ0v) is 15.2. The molecule has 0 bridgehead atoms. The second kappa shape index (κ2) is 8.03. The molecule has 1 aliphatic heterocycles. The van der Waals surface area contributed by atoms with Gasteiger partial charge in [0.2, 0.25) is 0 Å². The molecule has 0 saturated carbocycles. The zero-order valence-electron chi connectivity index (χ0n) is 12.8. The van der Waals surface area contributed by atoms with Crippen molar-refractivity contribution in [2.75, 3.05) is 13.2 Å². The second-order valence-electron chi connectivity index (χ2n) is 4.81. The van der Waals surface area contributed by atoms with Crippen LogP contribution in [0.2, 0.25) is 0 Å². The van der Waals surface area contributed by atoms with Crippen LogP contribution < -0.4 is 10.1 Å². The van der Waals surface area contributed by atoms with Gasteiger partial charge in [-0.05, 0) is 51.9 Å². The van der Waals surface area contributed by atoms with Crippen LogP contribution in [0.3, 0.4) is 0 Å². The lowest BCUT2D eigenvalue weighted by molar-refractivity contribution is -0.128. The quantitative estimate of drug-likeness (QED) is 0.341. The highest BCUT2D eigenvalue weighted by Gasteiger charge is 2.32. The van der Waals surface area contributed by atoms with Crippen molar-refractivity contribution in [1.29, 1.82) is 0 Å². The van der Waals surface area contributed by atoms with E-state index in [0.717, 1.165) is 0 Å². The molecule has 0 atom stereocenters. The Bertz CT molecular complexity index is 758. The number of nitrogens with one attached hydrogen (secondary N) is 1. The van der Waals surface area contributed by atoms with Gasteiger partial charge in [0, 0.05) is 6.54 Å². The van der Waals surface area contributed by atoms with Crippen molar-refractivity contribution in [3.05, 3.63) is 59.1 Å². The van der Waals surface area contributed by atoms with Crippen molar-refractivity contribution in [1.82, 2.24) is 10.2 Å². The summed E-state index contributed by atoms with van der Waals surface area (Å²) in [6, 6.07) is 5.26. The van der Waals surface area contributed by atoms with Crippen LogP contribution in [0.5, 0.6) is 5.75 Å². The third-order valence-corrected chi connectivity index (χ3v) is 4.06. The number of hydrogen-bond acceptors (Lipinski definition) is 4. The minimum atomic E-state index is -0.520. The van der Waals surface area contributed by atoms with Gasteiger partial charge in [-0.1, -0.05) is 24.8 Å². The van der Waals surface area contributed by atoms with E-state index in [1.807, 2.05) is 0 Å². The van der Waals surface area contributed by atoms with E-state index in [0.29, 0.717) is 22.4 Å². The molecule has 0 unspecified atom stereocenters. The summed E-state index contributed by atoms with van der Waals surface area (Å²) in [5.74, 6) is -0.328. The number of benzene rings is 1. The summed E-state index contributed by atoms with van der Waals surface area (Å²) in [7, 11) is 0. The summed E-state index contributed by atoms with van der Waals surface area (Å²) in [5, 5.41) is 2.58. The van der Waals surface area contributed by atoms with Crippen molar-refractivity contribution in [2.45, 2.75) is 0 Å². The number of halogens is 1. The summed E-state index contributed by atoms with van der Waals surface area (Å²) >= 11 is 8.41. The van der Waals surface area contributed by atoms with Crippen molar-refractivity contribution in [2.24, 2.45) is 0 Å². The third kappa shape index (κ3) is 3.98. The molecule has 5 nitrogen and oxygen atoms in total. The Morgan fingerprint density at radius 1 is 1.29 bits per heavy atom. The molecule has 0 aromatic heterocycles. The van der Waals surface area contributed by atoms with Gasteiger partial charge in [0.1, 0.15) is 17.9 Å². The molecular formula is C17H15BrN2O3S. The van der Waals surface area contributed by atoms with Crippen molar-refractivity contribution in [3.63, 3.8) is 0 Å². The van der Waals surface area contributed by atoms with Crippen LogP contribution >= 0.6 is 28.1 Å². The largest absolute Gasteiger partial charge is 0.488 e. The first-order chi connectivity index (χ1) is 11.5. The van der Waals surface area contributed by atoms with E-state index < -0.39 is 11.8 Å². The summed E-state index contributed by atoms with van der Waals surface area (Å²) in [6.07, 6.45) is 4.70. The average molecular weight is 407 g/mol. The Balaban J connectivity index is 2.31. The smallest absolute Gasteiger partial charge is 0.265 e. The van der Waals surface area contributed by atoms with Crippen LogP contribution in [0.1, 0.15) is 5.56 Å². The van der Waals surface area contributed by atoms with Gasteiger partial charge in [-0.25, -0.2) is 0 Å². The minimum absolute atomic E-state index is 0.0112. The van der Waals surface area contributed by atoms with Gasteiger partial charge in [-0.3, -0.25) is 19.8 Å². The second-order valence-corrected chi connectivity index (χ2v) is 6.05. The Hall–Kier alpha value is -2.25. The first-order valence-electron chi connectivity index (χ1n) is 7.01. The van der Waals surface area contributed by atoms with Crippen LogP contribution in [0.25, 0.3) is 6.08 Å². The van der Waals surface area contributed by atoms with E-state index in [4.69, 9.17) is 17.0 Å². The van der Waals surface area contributed by atoms with Gasteiger partial charge in [-0.15, -0.1) is 6.58 Å². The summed E-state index contributed by atoms with van der Waals surface area (Å²) < 4.78 is 6.18. The molecular weight excluding hydrogens is 392 g/mol. The van der Waals surface area contributed by atoms with Gasteiger partial charge in [-0.2, -0.15) is 0 Å². The van der Waals surface area contributed by atoms with E-state index in [1.54, 1.807) is 30.4 Å². The first-order valence-corrected chi connectivity index (χ1v) is 8.21. The number of nitrogens with zero attached hydrogens (tertiary/aromatic N) is 1. The maximum Gasteiger partial charge on any atom is 0.265 e. The van der Waals surface area contributed by atoms with Gasteiger partial charge in [0.05, 0.1) is 4.47 Å². The van der Waals surface area contributed by atoms with Crippen molar-refractivity contribution >= 4 is 51.2 Å². The molecule has 124 valence electrons. The topological polar surface area (TPSA) is 58.6 Å². The Morgan fingerprint density at radius 2 is 2.04 bits per heavy atom. The number of thiocarbonyl (C=S) groups is 1. The van der Waals surface area contributed by atoms with Gasteiger partial charge in [0.15, 0.2) is 5.11 Å². The number of hydrogen-bond donors (Lipinski definition) is 1. The molecule has 1 aromatic carbocycles. The number of ether oxygens (including phenoxy) is 1. The number of rotatable bonds is 6. The SMILES string of the molecule is C=CCOc1ccc(/C=C2\C(=O)NC(=S)N(CC=C)C2=O)cc1Br. The Kier molecular flexibility index (Phi) is 6.05. The van der Waals surface area contributed by atoms with E-state index in [2.05, 4.69) is 34.4 Å². The van der Waals surface area contributed by atoms with E-state index >= 15 is 0 Å². The lowest BCUT2D eigenvalue weighted by atomic mass is 10.1. The molecule has 0 aliphatic carbocycles. The van der Waals surface area contributed by atoms with Crippen molar-refractivity contribution < 1.29 is 14.3 Å². The van der Waals surface area contributed by atoms with Gasteiger partial charge in [0.25, 0.3) is 11.8 Å². The molecule has 2 rings (SSSR count). The molecule has 24 heavy (non-hydrogen) atoms. The van der Waals surface area contributed by atoms with Crippen LogP contribution in [-0.2, 0) is 9.59 Å². The number of carbonyl (C=O) groups is 2. The Morgan fingerprint density at radius 3 is 2.67 bits per heavy atom. The lowest BCUT2D eigenvalue weighted by Crippen LogP contribution is -2.53. The van der Waals surface area contributed by atoms with E-state index in [-0.39, 0.29) is 17.2 Å². The lowest BCUT2D eigenvalue weighted by Gasteiger charge is -2.27. The molecule has 1 heterocycles. The molecule has 1 fully saturated rings. The summed E-state index contributed by atoms with van der Waals surface area (Å²) in [4.78, 5) is 25.8. The maximum atomic E-state index is 12.4. The highest BCUT2D eigenvalue weighted by atomic mass is 79.9. The average Bonchev–Trinajstić information content (AvgIpc) is 2.54. The maximum absolute atomic E-state index is 12.4. The van der Waals surface area contributed by atoms with Crippen molar-refractivity contribution in [3.8, 4) is 5.75 Å². The highest BCUT2D eigenvalue weighted by molar-refractivity contribution is 9.10. The first kappa shape index (κ1) is 18.1. The van der Waals surface area contributed by atoms with Crippen LogP contribution in [0, 0.1) is 0 Å². The predicted molar refractivity (Wildman–Crippen MR) is 100 cm³/mol. The molecule has 1 aromatic rings. The van der Waals surface area contributed by atoms with Gasteiger partial charge >= 0.3 is 0 Å². The predicted octanol–water partition coefficient (Wildman–Crippen LogP) is 2.83. The van der Waals surface area contributed by atoms with Gasteiger partial charge < -0.3 is 4.74 Å². The highest BCUT2D eigenvalue weighted by Crippen LogP contribution is 2.27. The van der Waals surface area contributed by atoms with Crippen LogP contribution in [0.4, 0.5) is 0 Å². The molecule has 0 radical (unpaired) electrons. The fourth-order valence-electron chi connectivity index (χ4n) is 2.03. The van der Waals surface area contributed by atoms with E-state index in [1.165, 1.54) is 11.0 Å². The van der Waals surface area contributed by atoms with Crippen LogP contribution in [0.15, 0.2) is 53.6 Å². The summed E-state index contributed by atoms with van der Waals surface area (Å²) in [5.41, 5.74) is 0.690.